The predicted molar refractivity (Wildman–Crippen MR) is 195 cm³/mol. The topological polar surface area (TPSA) is 30.5 Å². The number of likely N-dealkylation sites (N-methyl/N-ethyl adjacent to an activating group) is 3. The summed E-state index contributed by atoms with van der Waals surface area (Å²) in [7, 11) is 9.25. The maximum Gasteiger partial charge on any atom is 0.0340 e. The Bertz CT molecular complexity index is 1300. The molecule has 0 fully saturated rings. The summed E-state index contributed by atoms with van der Waals surface area (Å²) in [6, 6.07) is 31.5. The lowest BCUT2D eigenvalue weighted by atomic mass is 9.70. The van der Waals surface area contributed by atoms with E-state index in [0.717, 1.165) is 45.2 Å². The van der Waals surface area contributed by atoms with E-state index in [1.165, 1.54) is 41.6 Å². The molecule has 0 heterocycles. The number of nitrogens with one attached hydrogen (secondary N) is 2. The van der Waals surface area contributed by atoms with E-state index in [9.17, 15) is 0 Å². The van der Waals surface area contributed by atoms with E-state index in [0.29, 0.717) is 5.92 Å². The number of benzene rings is 3. The molecule has 0 radical (unpaired) electrons. The molecule has 1 aliphatic carbocycles. The minimum atomic E-state index is -0.0228. The first kappa shape index (κ1) is 34.9. The number of rotatable bonds is 17. The van der Waals surface area contributed by atoms with Crippen molar-refractivity contribution in [2.45, 2.75) is 88.8 Å². The van der Waals surface area contributed by atoms with Crippen molar-refractivity contribution < 1.29 is 0 Å². The molecule has 3 unspecified atom stereocenters. The molecule has 45 heavy (non-hydrogen) atoms. The smallest absolute Gasteiger partial charge is 0.0340 e. The number of nitrogens with zero attached hydrogens (tertiary/aromatic N) is 2. The van der Waals surface area contributed by atoms with Crippen LogP contribution in [0.4, 0.5) is 5.69 Å². The van der Waals surface area contributed by atoms with Gasteiger partial charge >= 0.3 is 0 Å². The molecule has 244 valence electrons. The van der Waals surface area contributed by atoms with Crippen molar-refractivity contribution in [1.29, 1.82) is 0 Å². The molecule has 3 aromatic carbocycles. The summed E-state index contributed by atoms with van der Waals surface area (Å²) >= 11 is 0. The van der Waals surface area contributed by atoms with Gasteiger partial charge in [-0.1, -0.05) is 91.9 Å². The minimum absolute atomic E-state index is 0.0228. The molecule has 0 aliphatic heterocycles. The number of allylic oxidation sites excluding steroid dienone is 1. The van der Waals surface area contributed by atoms with Crippen LogP contribution in [0.25, 0.3) is 0 Å². The molecule has 4 atom stereocenters. The van der Waals surface area contributed by atoms with Crippen LogP contribution in [0.3, 0.4) is 0 Å². The Balaban J connectivity index is 1.69. The van der Waals surface area contributed by atoms with Gasteiger partial charge in [-0.05, 0) is 135 Å². The molecule has 3 aromatic rings. The highest BCUT2D eigenvalue weighted by Gasteiger charge is 2.41. The highest BCUT2D eigenvalue weighted by molar-refractivity contribution is 5.44. The third kappa shape index (κ3) is 9.54. The van der Waals surface area contributed by atoms with E-state index >= 15 is 0 Å². The first-order valence-electron chi connectivity index (χ1n) is 17.3. The third-order valence-corrected chi connectivity index (χ3v) is 10.6. The van der Waals surface area contributed by atoms with E-state index < -0.39 is 0 Å². The van der Waals surface area contributed by atoms with Gasteiger partial charge in [-0.15, -0.1) is 0 Å². The van der Waals surface area contributed by atoms with Crippen LogP contribution in [0.15, 0.2) is 97.1 Å². The second-order valence-electron chi connectivity index (χ2n) is 14.3. The molecule has 4 heteroatoms. The molecule has 0 saturated heterocycles. The van der Waals surface area contributed by atoms with Gasteiger partial charge in [-0.2, -0.15) is 0 Å². The minimum Gasteiger partial charge on any atom is -0.385 e. The quantitative estimate of drug-likeness (QED) is 0.151. The summed E-state index contributed by atoms with van der Waals surface area (Å²) in [5, 5.41) is 7.18. The van der Waals surface area contributed by atoms with Crippen molar-refractivity contribution in [2.24, 2.45) is 5.92 Å². The Morgan fingerprint density at radius 1 is 0.689 bits per heavy atom. The van der Waals surface area contributed by atoms with Gasteiger partial charge in [-0.3, -0.25) is 0 Å². The Labute approximate surface area is 275 Å². The molecular weight excluding hydrogens is 548 g/mol. The van der Waals surface area contributed by atoms with Crippen molar-refractivity contribution in [3.05, 3.63) is 114 Å². The van der Waals surface area contributed by atoms with E-state index in [1.54, 1.807) is 0 Å². The molecule has 0 saturated carbocycles. The molecule has 0 aromatic heterocycles. The fraction of sp³-hybridized carbons (Fsp3) is 0.512. The zero-order valence-corrected chi connectivity index (χ0v) is 29.3. The fourth-order valence-corrected chi connectivity index (χ4v) is 7.57. The third-order valence-electron chi connectivity index (χ3n) is 10.6. The van der Waals surface area contributed by atoms with Crippen LogP contribution in [0.5, 0.6) is 0 Å². The normalized spacial score (nSPS) is 21.0. The van der Waals surface area contributed by atoms with Gasteiger partial charge in [-0.25, -0.2) is 0 Å². The molecule has 2 N–H and O–H groups in total. The summed E-state index contributed by atoms with van der Waals surface area (Å²) in [6.45, 7) is 8.67. The summed E-state index contributed by atoms with van der Waals surface area (Å²) in [5.74, 6) is 0.573. The van der Waals surface area contributed by atoms with Gasteiger partial charge in [0.05, 0.1) is 0 Å². The SMILES string of the molecule is CCNc1ccc(CC(CCC(Cc2ccccc2)(CC2C=C[C@@](C)(NCC)CC2)N(C)C)(Cc2ccccc2)N(C)C)cc1. The van der Waals surface area contributed by atoms with E-state index in [2.05, 4.69) is 166 Å². The Kier molecular flexibility index (Phi) is 12.5. The van der Waals surface area contributed by atoms with E-state index in [1.807, 2.05) is 0 Å². The Morgan fingerprint density at radius 3 is 1.67 bits per heavy atom. The molecule has 1 aliphatic rings. The highest BCUT2D eigenvalue weighted by atomic mass is 15.2. The molecule has 0 amide bonds. The van der Waals surface area contributed by atoms with Gasteiger partial charge in [0.1, 0.15) is 0 Å². The van der Waals surface area contributed by atoms with Gasteiger partial charge in [0.15, 0.2) is 0 Å². The van der Waals surface area contributed by atoms with Crippen molar-refractivity contribution in [3.63, 3.8) is 0 Å². The van der Waals surface area contributed by atoms with Crippen molar-refractivity contribution in [2.75, 3.05) is 46.6 Å². The second kappa shape index (κ2) is 16.1. The lowest BCUT2D eigenvalue weighted by molar-refractivity contribution is 0.0647. The number of hydrogen-bond acceptors (Lipinski definition) is 4. The van der Waals surface area contributed by atoms with Crippen LogP contribution in [0, 0.1) is 5.92 Å². The van der Waals surface area contributed by atoms with Crippen molar-refractivity contribution >= 4 is 5.69 Å². The Hall–Kier alpha value is -2.92. The van der Waals surface area contributed by atoms with Crippen molar-refractivity contribution in [1.82, 2.24) is 15.1 Å². The van der Waals surface area contributed by atoms with Gasteiger partial charge < -0.3 is 20.4 Å². The number of anilines is 1. The average Bonchev–Trinajstić information content (AvgIpc) is 3.03. The van der Waals surface area contributed by atoms with E-state index in [4.69, 9.17) is 0 Å². The standard InChI is InChI=1S/C41H60N4/c1-8-42-38-22-20-36(21-23-38)32-40(44(4)5,30-34-16-12-10-13-17-34)28-29-41(45(6)7,31-35-18-14-11-15-19-35)33-37-24-26-39(3,27-25-37)43-9-2/h10-24,26,37,42-43H,8-9,25,27-33H2,1-7H3/t37?,39-,40?,41?/m1/s1. The van der Waals surface area contributed by atoms with Crippen LogP contribution in [0.2, 0.25) is 0 Å². The van der Waals surface area contributed by atoms with Crippen LogP contribution >= 0.6 is 0 Å². The first-order chi connectivity index (χ1) is 21.6. The van der Waals surface area contributed by atoms with Crippen LogP contribution in [0.1, 0.15) is 69.6 Å². The predicted octanol–water partition coefficient (Wildman–Crippen LogP) is 8.25. The van der Waals surface area contributed by atoms with Gasteiger partial charge in [0.25, 0.3) is 0 Å². The largest absolute Gasteiger partial charge is 0.385 e. The number of hydrogen-bond donors (Lipinski definition) is 2. The van der Waals surface area contributed by atoms with Crippen LogP contribution in [-0.2, 0) is 19.3 Å². The maximum absolute atomic E-state index is 3.71. The molecule has 0 spiro atoms. The molecule has 4 rings (SSSR count). The average molecular weight is 609 g/mol. The van der Waals surface area contributed by atoms with Gasteiger partial charge in [0, 0.05) is 28.8 Å². The molecular formula is C41H60N4. The Morgan fingerprint density at radius 2 is 1.20 bits per heavy atom. The monoisotopic (exact) mass is 608 g/mol. The summed E-state index contributed by atoms with van der Waals surface area (Å²) in [6.07, 6.45) is 13.9. The van der Waals surface area contributed by atoms with Crippen LogP contribution < -0.4 is 10.6 Å². The fourth-order valence-electron chi connectivity index (χ4n) is 7.57. The first-order valence-corrected chi connectivity index (χ1v) is 17.3. The lowest BCUT2D eigenvalue weighted by Crippen LogP contribution is -2.53. The van der Waals surface area contributed by atoms with E-state index in [-0.39, 0.29) is 16.6 Å². The van der Waals surface area contributed by atoms with Crippen LogP contribution in [-0.4, -0.2) is 67.7 Å². The molecule has 4 nitrogen and oxygen atoms in total. The summed E-state index contributed by atoms with van der Waals surface area (Å²) in [5.41, 5.74) is 5.56. The van der Waals surface area contributed by atoms with Gasteiger partial charge in [0.2, 0.25) is 0 Å². The zero-order valence-electron chi connectivity index (χ0n) is 29.3. The lowest BCUT2D eigenvalue weighted by Gasteiger charge is -2.48. The zero-order chi connectivity index (χ0) is 32.3. The molecule has 0 bridgehead atoms. The highest BCUT2D eigenvalue weighted by Crippen LogP contribution is 2.40. The van der Waals surface area contributed by atoms with Crippen molar-refractivity contribution in [3.8, 4) is 0 Å². The summed E-state index contributed by atoms with van der Waals surface area (Å²) < 4.78 is 0. The summed E-state index contributed by atoms with van der Waals surface area (Å²) in [4.78, 5) is 5.10. The second-order valence-corrected chi connectivity index (χ2v) is 14.3. The maximum atomic E-state index is 3.71.